The first kappa shape index (κ1) is 14.4. The van der Waals surface area contributed by atoms with Crippen molar-refractivity contribution in [2.75, 3.05) is 33.2 Å². The number of nitrogens with one attached hydrogen (secondary N) is 1. The zero-order valence-corrected chi connectivity index (χ0v) is 12.4. The average Bonchev–Trinajstić information content (AvgIpc) is 2.83. The molecule has 0 aromatic carbocycles. The number of nitrogens with zero attached hydrogens (tertiary/aromatic N) is 4. The number of hydrogen-bond donors (Lipinski definition) is 1. The molecule has 0 spiro atoms. The van der Waals surface area contributed by atoms with Crippen LogP contribution in [0.15, 0.2) is 12.4 Å². The molecule has 1 atom stereocenters. The van der Waals surface area contributed by atoms with Crippen LogP contribution in [0.1, 0.15) is 18.8 Å². The second-order valence-electron chi connectivity index (χ2n) is 4.65. The second-order valence-corrected chi connectivity index (χ2v) is 6.64. The first-order chi connectivity index (χ1) is 8.98. The third-order valence-electron chi connectivity index (χ3n) is 3.49. The Hall–Kier alpha value is -0.960. The molecule has 1 aromatic heterocycles. The van der Waals surface area contributed by atoms with Crippen molar-refractivity contribution in [1.29, 1.82) is 0 Å². The van der Waals surface area contributed by atoms with Crippen LogP contribution < -0.4 is 5.32 Å². The Bertz CT molecular complexity index is 527. The molecule has 2 heterocycles. The van der Waals surface area contributed by atoms with Crippen LogP contribution in [0.5, 0.6) is 0 Å². The van der Waals surface area contributed by atoms with Crippen molar-refractivity contribution >= 4 is 10.2 Å². The van der Waals surface area contributed by atoms with Crippen LogP contribution >= 0.6 is 0 Å². The lowest BCUT2D eigenvalue weighted by Gasteiger charge is -2.36. The van der Waals surface area contributed by atoms with Gasteiger partial charge in [-0.2, -0.15) is 17.0 Å². The van der Waals surface area contributed by atoms with Gasteiger partial charge >= 0.3 is 0 Å². The quantitative estimate of drug-likeness (QED) is 0.815. The van der Waals surface area contributed by atoms with Gasteiger partial charge in [-0.1, -0.05) is 6.92 Å². The highest BCUT2D eigenvalue weighted by molar-refractivity contribution is 7.86. The summed E-state index contributed by atoms with van der Waals surface area (Å²) in [6.07, 6.45) is 3.52. The van der Waals surface area contributed by atoms with E-state index in [0.29, 0.717) is 26.2 Å². The normalized spacial score (nSPS) is 22.0. The molecule has 19 heavy (non-hydrogen) atoms. The number of aryl methyl sites for hydroxylation is 1. The molecule has 0 radical (unpaired) electrons. The van der Waals surface area contributed by atoms with E-state index in [1.807, 2.05) is 24.7 Å². The molecule has 1 aliphatic heterocycles. The van der Waals surface area contributed by atoms with E-state index < -0.39 is 10.2 Å². The van der Waals surface area contributed by atoms with E-state index in [4.69, 9.17) is 0 Å². The van der Waals surface area contributed by atoms with Crippen molar-refractivity contribution in [1.82, 2.24) is 23.5 Å². The maximum absolute atomic E-state index is 12.5. The lowest BCUT2D eigenvalue weighted by Crippen LogP contribution is -2.53. The monoisotopic (exact) mass is 287 g/mol. The predicted molar refractivity (Wildman–Crippen MR) is 72.7 cm³/mol. The summed E-state index contributed by atoms with van der Waals surface area (Å²) in [5, 5.41) is 3.23. The van der Waals surface area contributed by atoms with Gasteiger partial charge in [0.25, 0.3) is 10.2 Å². The zero-order valence-electron chi connectivity index (χ0n) is 11.6. The molecule has 1 saturated heterocycles. The topological polar surface area (TPSA) is 70.5 Å². The summed E-state index contributed by atoms with van der Waals surface area (Å²) in [7, 11) is 0.0535. The molecule has 0 saturated carbocycles. The Labute approximate surface area is 114 Å². The van der Waals surface area contributed by atoms with E-state index in [1.54, 1.807) is 13.2 Å². The molecule has 8 heteroatoms. The molecule has 1 fully saturated rings. The Morgan fingerprint density at radius 2 is 2.32 bits per heavy atom. The molecule has 1 aliphatic rings. The van der Waals surface area contributed by atoms with E-state index >= 15 is 0 Å². The first-order valence-electron chi connectivity index (χ1n) is 6.39. The fourth-order valence-corrected chi connectivity index (χ4v) is 3.72. The smallest absolute Gasteiger partial charge is 0.282 e. The minimum absolute atomic E-state index is 0.257. The summed E-state index contributed by atoms with van der Waals surface area (Å²) in [5.74, 6) is 0.764. The second kappa shape index (κ2) is 5.58. The number of piperazine rings is 1. The number of imidazole rings is 1. The van der Waals surface area contributed by atoms with Crippen LogP contribution in [0.3, 0.4) is 0 Å². The molecule has 1 N–H and O–H groups in total. The van der Waals surface area contributed by atoms with E-state index in [1.165, 1.54) is 8.61 Å². The van der Waals surface area contributed by atoms with E-state index in [9.17, 15) is 8.42 Å². The van der Waals surface area contributed by atoms with Gasteiger partial charge in [0.05, 0.1) is 6.04 Å². The minimum atomic E-state index is -3.43. The average molecular weight is 287 g/mol. The highest BCUT2D eigenvalue weighted by Gasteiger charge is 2.37. The lowest BCUT2D eigenvalue weighted by atomic mass is 10.2. The molecule has 7 nitrogen and oxygen atoms in total. The van der Waals surface area contributed by atoms with Crippen molar-refractivity contribution < 1.29 is 8.42 Å². The van der Waals surface area contributed by atoms with Crippen molar-refractivity contribution in [2.24, 2.45) is 7.05 Å². The molecular weight excluding hydrogens is 266 g/mol. The Morgan fingerprint density at radius 3 is 2.89 bits per heavy atom. The molecular formula is C11H21N5O2S. The van der Waals surface area contributed by atoms with Crippen LogP contribution in [0, 0.1) is 0 Å². The van der Waals surface area contributed by atoms with Gasteiger partial charge < -0.3 is 9.88 Å². The summed E-state index contributed by atoms with van der Waals surface area (Å²) in [5.41, 5.74) is 0. The SMILES string of the molecule is CCN(C)S(=O)(=O)N1CCNCC1c1nccn1C. The van der Waals surface area contributed by atoms with Crippen molar-refractivity contribution in [2.45, 2.75) is 13.0 Å². The third-order valence-corrected chi connectivity index (χ3v) is 5.56. The standard InChI is InChI=1S/C11H21N5O2S/c1-4-15(3)19(17,18)16-8-5-12-9-10(16)11-13-6-7-14(11)2/h6-7,10,12H,4-5,8-9H2,1-3H3. The number of aromatic nitrogens is 2. The molecule has 0 aliphatic carbocycles. The summed E-state index contributed by atoms with van der Waals surface area (Å²) in [6.45, 7) is 4.00. The van der Waals surface area contributed by atoms with Gasteiger partial charge in [-0.05, 0) is 0 Å². The maximum atomic E-state index is 12.5. The van der Waals surface area contributed by atoms with Gasteiger partial charge in [-0.15, -0.1) is 0 Å². The number of hydrogen-bond acceptors (Lipinski definition) is 4. The molecule has 2 rings (SSSR count). The van der Waals surface area contributed by atoms with E-state index in [-0.39, 0.29) is 6.04 Å². The zero-order chi connectivity index (χ0) is 14.0. The largest absolute Gasteiger partial charge is 0.337 e. The summed E-state index contributed by atoms with van der Waals surface area (Å²) >= 11 is 0. The summed E-state index contributed by atoms with van der Waals surface area (Å²) in [4.78, 5) is 4.29. The van der Waals surface area contributed by atoms with Gasteiger partial charge in [0.2, 0.25) is 0 Å². The van der Waals surface area contributed by atoms with Crippen LogP contribution in [0.2, 0.25) is 0 Å². The van der Waals surface area contributed by atoms with Gasteiger partial charge in [-0.3, -0.25) is 0 Å². The van der Waals surface area contributed by atoms with Crippen LogP contribution in [-0.2, 0) is 17.3 Å². The Morgan fingerprint density at radius 1 is 1.58 bits per heavy atom. The predicted octanol–water partition coefficient (Wildman–Crippen LogP) is -0.437. The van der Waals surface area contributed by atoms with Crippen LogP contribution in [0.4, 0.5) is 0 Å². The molecule has 108 valence electrons. The fraction of sp³-hybridized carbons (Fsp3) is 0.727. The first-order valence-corrected chi connectivity index (χ1v) is 7.79. The van der Waals surface area contributed by atoms with E-state index in [0.717, 1.165) is 5.82 Å². The van der Waals surface area contributed by atoms with Gasteiger partial charge in [-0.25, -0.2) is 4.98 Å². The lowest BCUT2D eigenvalue weighted by molar-refractivity contribution is 0.242. The molecule has 1 unspecified atom stereocenters. The van der Waals surface area contributed by atoms with Gasteiger partial charge in [0.1, 0.15) is 5.82 Å². The summed E-state index contributed by atoms with van der Waals surface area (Å²) in [6, 6.07) is -0.257. The molecule has 0 bridgehead atoms. The third kappa shape index (κ3) is 2.66. The Balaban J connectivity index is 2.34. The maximum Gasteiger partial charge on any atom is 0.282 e. The summed E-state index contributed by atoms with van der Waals surface area (Å²) < 4.78 is 29.8. The van der Waals surface area contributed by atoms with Gasteiger partial charge in [0, 0.05) is 52.7 Å². The van der Waals surface area contributed by atoms with E-state index in [2.05, 4.69) is 10.3 Å². The minimum Gasteiger partial charge on any atom is -0.337 e. The highest BCUT2D eigenvalue weighted by atomic mass is 32.2. The highest BCUT2D eigenvalue weighted by Crippen LogP contribution is 2.24. The molecule has 1 aromatic rings. The fourth-order valence-electron chi connectivity index (χ4n) is 2.22. The van der Waals surface area contributed by atoms with Gasteiger partial charge in [0.15, 0.2) is 0 Å². The van der Waals surface area contributed by atoms with Crippen molar-refractivity contribution in [3.8, 4) is 0 Å². The number of rotatable bonds is 4. The van der Waals surface area contributed by atoms with Crippen LogP contribution in [-0.4, -0.2) is 59.8 Å². The Kier molecular flexibility index (Phi) is 4.24. The molecule has 0 amide bonds. The van der Waals surface area contributed by atoms with Crippen molar-refractivity contribution in [3.63, 3.8) is 0 Å². The van der Waals surface area contributed by atoms with Crippen molar-refractivity contribution in [3.05, 3.63) is 18.2 Å². The van der Waals surface area contributed by atoms with Crippen LogP contribution in [0.25, 0.3) is 0 Å².